The van der Waals surface area contributed by atoms with Crippen LogP contribution in [0.15, 0.2) is 29.8 Å². The summed E-state index contributed by atoms with van der Waals surface area (Å²) in [6, 6.07) is 8.82. The first kappa shape index (κ1) is 9.78. The highest BCUT2D eigenvalue weighted by Crippen LogP contribution is 2.40. The van der Waals surface area contributed by atoms with Crippen molar-refractivity contribution < 1.29 is 0 Å². The summed E-state index contributed by atoms with van der Waals surface area (Å²) in [7, 11) is 0. The molecule has 3 nitrogen and oxygen atoms in total. The summed E-state index contributed by atoms with van der Waals surface area (Å²) in [4.78, 5) is 0. The molecule has 4 heteroatoms. The van der Waals surface area contributed by atoms with E-state index in [-0.39, 0.29) is 0 Å². The second-order valence-corrected chi connectivity index (χ2v) is 4.95. The largest absolute Gasteiger partial charge is 0.356 e. The molecule has 1 aliphatic carbocycles. The number of nitrogens with one attached hydrogen (secondary N) is 1. The van der Waals surface area contributed by atoms with Gasteiger partial charge in [-0.3, -0.25) is 0 Å². The molecule has 1 saturated carbocycles. The van der Waals surface area contributed by atoms with E-state index < -0.39 is 0 Å². The fourth-order valence-corrected chi connectivity index (χ4v) is 2.25. The quantitative estimate of drug-likeness (QED) is 0.879. The first-order chi connectivity index (χ1) is 7.92. The van der Waals surface area contributed by atoms with E-state index in [9.17, 15) is 0 Å². The number of nitrogens with zero attached hydrogens (tertiary/aromatic N) is 2. The number of anilines is 1. The summed E-state index contributed by atoms with van der Waals surface area (Å²) in [6.45, 7) is 0.829. The molecular weight excluding hydrogens is 218 g/mol. The van der Waals surface area contributed by atoms with Crippen molar-refractivity contribution in [2.45, 2.75) is 25.3 Å². The van der Waals surface area contributed by atoms with Crippen LogP contribution >= 0.6 is 11.3 Å². The van der Waals surface area contributed by atoms with Gasteiger partial charge in [-0.2, -0.15) is 0 Å². The molecule has 0 spiro atoms. The molecule has 0 unspecified atom stereocenters. The average Bonchev–Trinajstić information content (AvgIpc) is 3.05. The molecule has 16 heavy (non-hydrogen) atoms. The number of rotatable bonds is 4. The molecule has 0 atom stereocenters. The van der Waals surface area contributed by atoms with Crippen molar-refractivity contribution in [3.8, 4) is 0 Å². The van der Waals surface area contributed by atoms with Crippen LogP contribution in [-0.2, 0) is 6.54 Å². The predicted molar refractivity (Wildman–Crippen MR) is 65.7 cm³/mol. The van der Waals surface area contributed by atoms with Crippen LogP contribution in [0.2, 0.25) is 0 Å². The highest BCUT2D eigenvalue weighted by atomic mass is 32.1. The number of benzene rings is 1. The molecule has 3 rings (SSSR count). The summed E-state index contributed by atoms with van der Waals surface area (Å²) in [5.74, 6) is 0.821. The molecule has 1 fully saturated rings. The third-order valence-electron chi connectivity index (χ3n) is 2.80. The SMILES string of the molecule is c1cc(CNc2nncs2)cc(C2CC2)c1. The second kappa shape index (κ2) is 4.22. The maximum Gasteiger partial charge on any atom is 0.205 e. The van der Waals surface area contributed by atoms with Crippen LogP contribution in [0.3, 0.4) is 0 Å². The average molecular weight is 231 g/mol. The van der Waals surface area contributed by atoms with E-state index in [0.29, 0.717) is 0 Å². The summed E-state index contributed by atoms with van der Waals surface area (Å²) < 4.78 is 0. The van der Waals surface area contributed by atoms with Crippen molar-refractivity contribution in [1.82, 2.24) is 10.2 Å². The van der Waals surface area contributed by atoms with Gasteiger partial charge in [0.15, 0.2) is 0 Å². The van der Waals surface area contributed by atoms with Gasteiger partial charge < -0.3 is 5.32 Å². The molecule has 1 N–H and O–H groups in total. The summed E-state index contributed by atoms with van der Waals surface area (Å²) in [5, 5.41) is 11.9. The van der Waals surface area contributed by atoms with E-state index in [1.165, 1.54) is 35.3 Å². The fourth-order valence-electron chi connectivity index (χ4n) is 1.80. The maximum atomic E-state index is 3.96. The standard InChI is InChI=1S/C12H13N3S/c1-2-9(6-11(3-1)10-4-5-10)7-13-12-15-14-8-16-12/h1-3,6,8,10H,4-5,7H2,(H,13,15). The Morgan fingerprint density at radius 1 is 1.38 bits per heavy atom. The van der Waals surface area contributed by atoms with Crippen LogP contribution in [0.5, 0.6) is 0 Å². The van der Waals surface area contributed by atoms with Crippen LogP contribution in [0, 0.1) is 0 Å². The maximum absolute atomic E-state index is 3.96. The van der Waals surface area contributed by atoms with E-state index in [1.54, 1.807) is 5.51 Å². The third kappa shape index (κ3) is 2.22. The van der Waals surface area contributed by atoms with Gasteiger partial charge in [0.2, 0.25) is 5.13 Å². The summed E-state index contributed by atoms with van der Waals surface area (Å²) in [6.07, 6.45) is 2.71. The van der Waals surface area contributed by atoms with Gasteiger partial charge >= 0.3 is 0 Å². The lowest BCUT2D eigenvalue weighted by atomic mass is 10.1. The van der Waals surface area contributed by atoms with Gasteiger partial charge in [-0.15, -0.1) is 10.2 Å². The smallest absolute Gasteiger partial charge is 0.205 e. The molecule has 1 aromatic carbocycles. The Bertz CT molecular complexity index is 463. The normalized spacial score (nSPS) is 15.0. The molecule has 1 aromatic heterocycles. The molecule has 0 bridgehead atoms. The van der Waals surface area contributed by atoms with Crippen molar-refractivity contribution in [3.63, 3.8) is 0 Å². The number of hydrogen-bond acceptors (Lipinski definition) is 4. The zero-order valence-corrected chi connectivity index (χ0v) is 9.70. The van der Waals surface area contributed by atoms with Crippen LogP contribution in [0.1, 0.15) is 29.9 Å². The molecule has 0 saturated heterocycles. The molecule has 0 radical (unpaired) electrons. The molecule has 0 amide bonds. The van der Waals surface area contributed by atoms with Crippen molar-refractivity contribution in [2.75, 3.05) is 5.32 Å². The van der Waals surface area contributed by atoms with Gasteiger partial charge in [0.05, 0.1) is 0 Å². The second-order valence-electron chi connectivity index (χ2n) is 4.12. The Balaban J connectivity index is 1.67. The Morgan fingerprint density at radius 3 is 3.06 bits per heavy atom. The van der Waals surface area contributed by atoms with Gasteiger partial charge in [-0.25, -0.2) is 0 Å². The Kier molecular flexibility index (Phi) is 2.58. The van der Waals surface area contributed by atoms with Gasteiger partial charge in [0.25, 0.3) is 0 Å². The lowest BCUT2D eigenvalue weighted by molar-refractivity contribution is 1.04. The molecule has 0 aliphatic heterocycles. The van der Waals surface area contributed by atoms with Crippen molar-refractivity contribution in [3.05, 3.63) is 40.9 Å². The Morgan fingerprint density at radius 2 is 2.31 bits per heavy atom. The Hall–Kier alpha value is -1.42. The first-order valence-electron chi connectivity index (χ1n) is 5.51. The van der Waals surface area contributed by atoms with Crippen molar-refractivity contribution in [1.29, 1.82) is 0 Å². The minimum atomic E-state index is 0.821. The fraction of sp³-hybridized carbons (Fsp3) is 0.333. The third-order valence-corrected chi connectivity index (χ3v) is 3.45. The molecule has 1 aliphatic rings. The highest BCUT2D eigenvalue weighted by Gasteiger charge is 2.23. The van der Waals surface area contributed by atoms with Gasteiger partial charge in [-0.1, -0.05) is 35.6 Å². The lowest BCUT2D eigenvalue weighted by Gasteiger charge is -2.04. The van der Waals surface area contributed by atoms with Crippen molar-refractivity contribution in [2.24, 2.45) is 0 Å². The zero-order chi connectivity index (χ0) is 10.8. The Labute approximate surface area is 98.5 Å². The van der Waals surface area contributed by atoms with Gasteiger partial charge in [-0.05, 0) is 29.9 Å². The van der Waals surface area contributed by atoms with Gasteiger partial charge in [0, 0.05) is 6.54 Å². The monoisotopic (exact) mass is 231 g/mol. The van der Waals surface area contributed by atoms with Gasteiger partial charge in [0.1, 0.15) is 5.51 Å². The molecule has 2 aromatic rings. The summed E-state index contributed by atoms with van der Waals surface area (Å²) in [5.41, 5.74) is 4.54. The van der Waals surface area contributed by atoms with Crippen LogP contribution in [0.25, 0.3) is 0 Å². The number of hydrogen-bond donors (Lipinski definition) is 1. The number of aromatic nitrogens is 2. The van der Waals surface area contributed by atoms with E-state index in [1.807, 2.05) is 0 Å². The van der Waals surface area contributed by atoms with Crippen molar-refractivity contribution >= 4 is 16.5 Å². The van der Waals surface area contributed by atoms with E-state index in [2.05, 4.69) is 39.8 Å². The first-order valence-corrected chi connectivity index (χ1v) is 6.38. The van der Waals surface area contributed by atoms with Crippen LogP contribution in [0.4, 0.5) is 5.13 Å². The van der Waals surface area contributed by atoms with E-state index in [0.717, 1.165) is 17.6 Å². The predicted octanol–water partition coefficient (Wildman–Crippen LogP) is 3.03. The molecule has 1 heterocycles. The van der Waals surface area contributed by atoms with E-state index in [4.69, 9.17) is 0 Å². The topological polar surface area (TPSA) is 37.8 Å². The highest BCUT2D eigenvalue weighted by molar-refractivity contribution is 7.13. The minimum Gasteiger partial charge on any atom is -0.356 e. The van der Waals surface area contributed by atoms with E-state index >= 15 is 0 Å². The van der Waals surface area contributed by atoms with Crippen LogP contribution in [-0.4, -0.2) is 10.2 Å². The lowest BCUT2D eigenvalue weighted by Crippen LogP contribution is -1.99. The van der Waals surface area contributed by atoms with Crippen LogP contribution < -0.4 is 5.32 Å². The summed E-state index contributed by atoms with van der Waals surface area (Å²) >= 11 is 1.53. The molecular formula is C12H13N3S. The zero-order valence-electron chi connectivity index (χ0n) is 8.89. The molecule has 82 valence electrons. The minimum absolute atomic E-state index is 0.821.